The van der Waals surface area contributed by atoms with E-state index in [4.69, 9.17) is 11.6 Å². The van der Waals surface area contributed by atoms with Gasteiger partial charge in [0.1, 0.15) is 0 Å². The summed E-state index contributed by atoms with van der Waals surface area (Å²) >= 11 is 5.95. The van der Waals surface area contributed by atoms with Crippen molar-refractivity contribution in [3.63, 3.8) is 0 Å². The first kappa shape index (κ1) is 13.7. The first-order valence-electron chi connectivity index (χ1n) is 6.70. The van der Waals surface area contributed by atoms with E-state index in [0.717, 1.165) is 19.6 Å². The van der Waals surface area contributed by atoms with E-state index in [0.29, 0.717) is 11.9 Å². The largest absolute Gasteiger partial charge is 0.370 e. The van der Waals surface area contributed by atoms with Crippen LogP contribution in [0.1, 0.15) is 20.3 Å². The van der Waals surface area contributed by atoms with Crippen LogP contribution in [0.25, 0.3) is 0 Å². The molecule has 1 aromatic rings. The number of benzene rings is 1. The average Bonchev–Trinajstić information content (AvgIpc) is 2.86. The molecule has 1 fully saturated rings. The maximum Gasteiger partial charge on any atom is 0.0366 e. The lowest BCUT2D eigenvalue weighted by atomic mass is 9.96. The quantitative estimate of drug-likeness (QED) is 0.824. The molecule has 1 atom stereocenters. The fourth-order valence-electron chi connectivity index (χ4n) is 2.27. The molecule has 2 nitrogen and oxygen atoms in total. The van der Waals surface area contributed by atoms with Gasteiger partial charge in [-0.1, -0.05) is 32.0 Å². The van der Waals surface area contributed by atoms with Crippen molar-refractivity contribution in [3.8, 4) is 0 Å². The first-order valence-corrected chi connectivity index (χ1v) is 7.23. The molecule has 1 aliphatic heterocycles. The van der Waals surface area contributed by atoms with Gasteiger partial charge in [-0.05, 0) is 24.0 Å². The molecule has 0 bridgehead atoms. The van der Waals surface area contributed by atoms with E-state index in [-0.39, 0.29) is 5.41 Å². The predicted octanol–water partition coefficient (Wildman–Crippen LogP) is 3.12. The smallest absolute Gasteiger partial charge is 0.0366 e. The Hall–Kier alpha value is -0.730. The van der Waals surface area contributed by atoms with Gasteiger partial charge in [0.15, 0.2) is 0 Å². The number of para-hydroxylation sites is 1. The maximum atomic E-state index is 5.95. The maximum absolute atomic E-state index is 5.95. The van der Waals surface area contributed by atoms with Crippen LogP contribution in [0.5, 0.6) is 0 Å². The summed E-state index contributed by atoms with van der Waals surface area (Å²) in [6, 6.07) is 11.2. The highest BCUT2D eigenvalue weighted by Gasteiger charge is 2.24. The first-order chi connectivity index (χ1) is 8.61. The van der Waals surface area contributed by atoms with Crippen LogP contribution in [0.15, 0.2) is 30.3 Å². The summed E-state index contributed by atoms with van der Waals surface area (Å²) in [4.78, 5) is 2.45. The van der Waals surface area contributed by atoms with E-state index in [1.807, 2.05) is 0 Å². The number of rotatable bonds is 5. The highest BCUT2D eigenvalue weighted by Crippen LogP contribution is 2.21. The molecular formula is C15H23ClN2. The van der Waals surface area contributed by atoms with Crippen LogP contribution >= 0.6 is 11.6 Å². The molecule has 0 spiro atoms. The molecular weight excluding hydrogens is 244 g/mol. The fraction of sp³-hybridized carbons (Fsp3) is 0.600. The van der Waals surface area contributed by atoms with Gasteiger partial charge >= 0.3 is 0 Å². The van der Waals surface area contributed by atoms with Crippen LogP contribution in [0.4, 0.5) is 5.69 Å². The van der Waals surface area contributed by atoms with Gasteiger partial charge in [0, 0.05) is 37.2 Å². The molecule has 3 heteroatoms. The van der Waals surface area contributed by atoms with Crippen molar-refractivity contribution in [1.82, 2.24) is 5.32 Å². The van der Waals surface area contributed by atoms with E-state index in [1.165, 1.54) is 12.1 Å². The Morgan fingerprint density at radius 2 is 2.06 bits per heavy atom. The summed E-state index contributed by atoms with van der Waals surface area (Å²) in [7, 11) is 0. The van der Waals surface area contributed by atoms with E-state index >= 15 is 0 Å². The number of nitrogens with one attached hydrogen (secondary N) is 1. The van der Waals surface area contributed by atoms with E-state index in [1.54, 1.807) is 0 Å². The van der Waals surface area contributed by atoms with Crippen molar-refractivity contribution in [3.05, 3.63) is 30.3 Å². The molecule has 0 aromatic heterocycles. The monoisotopic (exact) mass is 266 g/mol. The van der Waals surface area contributed by atoms with Gasteiger partial charge in [-0.2, -0.15) is 0 Å². The lowest BCUT2D eigenvalue weighted by Crippen LogP contribution is -2.39. The van der Waals surface area contributed by atoms with Gasteiger partial charge in [0.25, 0.3) is 0 Å². The lowest BCUT2D eigenvalue weighted by molar-refractivity contribution is 0.362. The standard InChI is InChI=1S/C15H23ClN2/c1-15(2,11-16)12-17-13-8-9-18(10-13)14-6-4-3-5-7-14/h3-7,13,17H,8-12H2,1-2H3. The molecule has 18 heavy (non-hydrogen) atoms. The third-order valence-electron chi connectivity index (χ3n) is 3.54. The SMILES string of the molecule is CC(C)(CCl)CNC1CCN(c2ccccc2)C1. The zero-order chi connectivity index (χ0) is 13.0. The van der Waals surface area contributed by atoms with Crippen molar-refractivity contribution in [1.29, 1.82) is 0 Å². The van der Waals surface area contributed by atoms with E-state index in [9.17, 15) is 0 Å². The number of nitrogens with zero attached hydrogens (tertiary/aromatic N) is 1. The van der Waals surface area contributed by atoms with E-state index in [2.05, 4.69) is 54.4 Å². The van der Waals surface area contributed by atoms with Gasteiger partial charge in [-0.25, -0.2) is 0 Å². The summed E-state index contributed by atoms with van der Waals surface area (Å²) in [5.41, 5.74) is 1.51. The van der Waals surface area contributed by atoms with Crippen molar-refractivity contribution in [2.24, 2.45) is 5.41 Å². The highest BCUT2D eigenvalue weighted by atomic mass is 35.5. The van der Waals surface area contributed by atoms with Gasteiger partial charge in [0.2, 0.25) is 0 Å². The molecule has 2 rings (SSSR count). The molecule has 1 heterocycles. The molecule has 1 aliphatic rings. The second-order valence-corrected chi connectivity index (χ2v) is 6.21. The second kappa shape index (κ2) is 5.94. The van der Waals surface area contributed by atoms with Crippen molar-refractivity contribution < 1.29 is 0 Å². The minimum atomic E-state index is 0.182. The summed E-state index contributed by atoms with van der Waals surface area (Å²) in [6.45, 7) is 7.64. The Bertz CT molecular complexity index is 364. The number of anilines is 1. The van der Waals surface area contributed by atoms with Crippen LogP contribution in [-0.4, -0.2) is 31.6 Å². The Kier molecular flexibility index (Phi) is 4.52. The normalized spacial score (nSPS) is 20.4. The zero-order valence-corrected chi connectivity index (χ0v) is 12.1. The van der Waals surface area contributed by atoms with Crippen LogP contribution < -0.4 is 10.2 Å². The van der Waals surface area contributed by atoms with Crippen LogP contribution in [0, 0.1) is 5.41 Å². The molecule has 0 amide bonds. The summed E-state index contributed by atoms with van der Waals surface area (Å²) in [5.74, 6) is 0.703. The fourth-order valence-corrected chi connectivity index (χ4v) is 2.36. The van der Waals surface area contributed by atoms with Crippen molar-refractivity contribution in [2.75, 3.05) is 30.4 Å². The van der Waals surface area contributed by atoms with Crippen LogP contribution in [-0.2, 0) is 0 Å². The molecule has 0 saturated carbocycles. The molecule has 1 N–H and O–H groups in total. The van der Waals surface area contributed by atoms with Crippen molar-refractivity contribution >= 4 is 17.3 Å². The summed E-state index contributed by atoms with van der Waals surface area (Å²) < 4.78 is 0. The molecule has 0 radical (unpaired) electrons. The van der Waals surface area contributed by atoms with Gasteiger partial charge in [-0.15, -0.1) is 11.6 Å². The average molecular weight is 267 g/mol. The van der Waals surface area contributed by atoms with Gasteiger partial charge in [0.05, 0.1) is 0 Å². The third-order valence-corrected chi connectivity index (χ3v) is 4.26. The minimum absolute atomic E-state index is 0.182. The molecule has 100 valence electrons. The lowest BCUT2D eigenvalue weighted by Gasteiger charge is -2.25. The minimum Gasteiger partial charge on any atom is -0.370 e. The second-order valence-electron chi connectivity index (χ2n) is 5.95. The summed E-state index contributed by atoms with van der Waals surface area (Å²) in [6.07, 6.45) is 1.22. The van der Waals surface area contributed by atoms with Gasteiger partial charge in [-0.3, -0.25) is 0 Å². The Labute approximate surface area is 115 Å². The Morgan fingerprint density at radius 1 is 1.33 bits per heavy atom. The highest BCUT2D eigenvalue weighted by molar-refractivity contribution is 6.18. The predicted molar refractivity (Wildman–Crippen MR) is 79.6 cm³/mol. The van der Waals surface area contributed by atoms with Gasteiger partial charge < -0.3 is 10.2 Å². The van der Waals surface area contributed by atoms with Crippen molar-refractivity contribution in [2.45, 2.75) is 26.3 Å². The number of halogens is 1. The Morgan fingerprint density at radius 3 is 2.72 bits per heavy atom. The Balaban J connectivity index is 1.82. The van der Waals surface area contributed by atoms with Crippen LogP contribution in [0.3, 0.4) is 0 Å². The van der Waals surface area contributed by atoms with Crippen LogP contribution in [0.2, 0.25) is 0 Å². The summed E-state index contributed by atoms with van der Waals surface area (Å²) in [5, 5.41) is 3.65. The number of hydrogen-bond donors (Lipinski definition) is 1. The topological polar surface area (TPSA) is 15.3 Å². The zero-order valence-electron chi connectivity index (χ0n) is 11.3. The number of alkyl halides is 1. The molecule has 0 aliphatic carbocycles. The molecule has 1 saturated heterocycles. The number of hydrogen-bond acceptors (Lipinski definition) is 2. The van der Waals surface area contributed by atoms with E-state index < -0.39 is 0 Å². The molecule has 1 aromatic carbocycles. The third kappa shape index (κ3) is 3.63. The molecule has 1 unspecified atom stereocenters.